The van der Waals surface area contributed by atoms with E-state index in [1.54, 1.807) is 29.3 Å². The summed E-state index contributed by atoms with van der Waals surface area (Å²) in [5.41, 5.74) is 4.78. The fourth-order valence-electron chi connectivity index (χ4n) is 2.33. The Kier molecular flexibility index (Phi) is 4.23. The lowest BCUT2D eigenvalue weighted by Crippen LogP contribution is -1.93. The monoisotopic (exact) mass is 350 g/mol. The zero-order valence-corrected chi connectivity index (χ0v) is 14.6. The number of para-hydroxylation sites is 2. The molecule has 0 atom stereocenters. The summed E-state index contributed by atoms with van der Waals surface area (Å²) in [6.07, 6.45) is 1.79. The molecule has 0 radical (unpaired) electrons. The van der Waals surface area contributed by atoms with E-state index in [1.165, 1.54) is 0 Å². The van der Waals surface area contributed by atoms with Crippen molar-refractivity contribution >= 4 is 34.1 Å². The molecule has 0 N–H and O–H groups in total. The van der Waals surface area contributed by atoms with Gasteiger partial charge in [0.05, 0.1) is 28.1 Å². The Morgan fingerprint density at radius 3 is 2.54 bits per heavy atom. The number of aryl methyl sites for hydroxylation is 1. The van der Waals surface area contributed by atoms with E-state index >= 15 is 0 Å². The number of thiazole rings is 1. The molecular formula is C18H14N4S2. The maximum Gasteiger partial charge on any atom is 0.142 e. The van der Waals surface area contributed by atoms with Gasteiger partial charge in [-0.2, -0.15) is 0 Å². The lowest BCUT2D eigenvalue weighted by molar-refractivity contribution is 1.04. The van der Waals surface area contributed by atoms with Crippen LogP contribution in [0.25, 0.3) is 21.7 Å². The van der Waals surface area contributed by atoms with Crippen LogP contribution in [0.4, 0.5) is 0 Å². The van der Waals surface area contributed by atoms with Gasteiger partial charge in [0.25, 0.3) is 0 Å². The Labute approximate surface area is 148 Å². The minimum atomic E-state index is 0.775. The van der Waals surface area contributed by atoms with Crippen LogP contribution in [-0.2, 0) is 5.75 Å². The largest absolute Gasteiger partial charge is 0.254 e. The van der Waals surface area contributed by atoms with Gasteiger partial charge in [-0.3, -0.25) is 4.98 Å². The Morgan fingerprint density at radius 2 is 1.75 bits per heavy atom. The van der Waals surface area contributed by atoms with Gasteiger partial charge in [-0.1, -0.05) is 30.0 Å². The molecule has 3 heterocycles. The summed E-state index contributed by atoms with van der Waals surface area (Å²) >= 11 is 3.30. The van der Waals surface area contributed by atoms with Gasteiger partial charge in [-0.05, 0) is 31.2 Å². The van der Waals surface area contributed by atoms with E-state index in [4.69, 9.17) is 4.98 Å². The molecule has 0 aliphatic carbocycles. The number of hydrogen-bond donors (Lipinski definition) is 0. The van der Waals surface area contributed by atoms with Crippen LogP contribution >= 0.6 is 23.1 Å². The van der Waals surface area contributed by atoms with Crippen molar-refractivity contribution in [2.75, 3.05) is 0 Å². The van der Waals surface area contributed by atoms with Gasteiger partial charge in [0.15, 0.2) is 0 Å². The fraction of sp³-hybridized carbons (Fsp3) is 0.111. The molecule has 0 bridgehead atoms. The summed E-state index contributed by atoms with van der Waals surface area (Å²) in [4.78, 5) is 18.4. The maximum atomic E-state index is 4.72. The van der Waals surface area contributed by atoms with Gasteiger partial charge >= 0.3 is 0 Å². The molecule has 118 valence electrons. The molecule has 0 amide bonds. The van der Waals surface area contributed by atoms with Crippen LogP contribution in [-0.4, -0.2) is 19.9 Å². The van der Waals surface area contributed by atoms with E-state index in [1.807, 2.05) is 49.4 Å². The zero-order valence-electron chi connectivity index (χ0n) is 13.0. The van der Waals surface area contributed by atoms with Crippen LogP contribution in [0.3, 0.4) is 0 Å². The van der Waals surface area contributed by atoms with Crippen LogP contribution in [0.1, 0.15) is 11.4 Å². The Balaban J connectivity index is 1.53. The van der Waals surface area contributed by atoms with Crippen LogP contribution in [0.15, 0.2) is 59.1 Å². The Morgan fingerprint density at radius 1 is 0.958 bits per heavy atom. The lowest BCUT2D eigenvalue weighted by atomic mass is 10.3. The summed E-state index contributed by atoms with van der Waals surface area (Å²) in [5.74, 6) is 0.775. The molecule has 0 unspecified atom stereocenters. The van der Waals surface area contributed by atoms with Gasteiger partial charge in [0.2, 0.25) is 0 Å². The van der Waals surface area contributed by atoms with Gasteiger partial charge < -0.3 is 0 Å². The zero-order chi connectivity index (χ0) is 16.4. The maximum absolute atomic E-state index is 4.72. The average molecular weight is 350 g/mol. The first-order valence-electron chi connectivity index (χ1n) is 7.51. The van der Waals surface area contributed by atoms with E-state index in [-0.39, 0.29) is 0 Å². The molecule has 0 saturated carbocycles. The van der Waals surface area contributed by atoms with E-state index < -0.39 is 0 Å². The molecule has 3 aromatic heterocycles. The number of benzene rings is 1. The number of nitrogens with zero attached hydrogens (tertiary/aromatic N) is 4. The number of hydrogen-bond acceptors (Lipinski definition) is 6. The van der Waals surface area contributed by atoms with Gasteiger partial charge in [0, 0.05) is 17.3 Å². The van der Waals surface area contributed by atoms with Gasteiger partial charge in [-0.25, -0.2) is 15.0 Å². The van der Waals surface area contributed by atoms with E-state index in [0.29, 0.717) is 0 Å². The highest BCUT2D eigenvalue weighted by Crippen LogP contribution is 2.28. The SMILES string of the molecule is Cc1nc2ccccc2nc1SCc1csc(-c2ccccn2)n1. The molecule has 4 rings (SSSR count). The van der Waals surface area contributed by atoms with Crippen molar-refractivity contribution in [1.29, 1.82) is 0 Å². The second kappa shape index (κ2) is 6.67. The number of pyridine rings is 1. The first kappa shape index (κ1) is 15.2. The summed E-state index contributed by atoms with van der Waals surface area (Å²) < 4.78 is 0. The molecule has 4 nitrogen and oxygen atoms in total. The van der Waals surface area contributed by atoms with Crippen molar-refractivity contribution in [3.63, 3.8) is 0 Å². The molecule has 0 fully saturated rings. The minimum absolute atomic E-state index is 0.775. The van der Waals surface area contributed by atoms with Crippen LogP contribution in [0.5, 0.6) is 0 Å². The highest BCUT2D eigenvalue weighted by molar-refractivity contribution is 7.98. The second-order valence-electron chi connectivity index (χ2n) is 5.25. The first-order chi connectivity index (χ1) is 11.8. The van der Waals surface area contributed by atoms with Crippen molar-refractivity contribution in [2.24, 2.45) is 0 Å². The molecule has 1 aromatic carbocycles. The topological polar surface area (TPSA) is 51.6 Å². The molecule has 6 heteroatoms. The third kappa shape index (κ3) is 3.16. The molecule has 0 spiro atoms. The minimum Gasteiger partial charge on any atom is -0.254 e. The Bertz CT molecular complexity index is 983. The van der Waals surface area contributed by atoms with Crippen molar-refractivity contribution in [3.8, 4) is 10.7 Å². The molecule has 4 aromatic rings. The van der Waals surface area contributed by atoms with Crippen molar-refractivity contribution in [3.05, 3.63) is 65.4 Å². The van der Waals surface area contributed by atoms with Crippen molar-refractivity contribution in [2.45, 2.75) is 17.7 Å². The molecule has 24 heavy (non-hydrogen) atoms. The van der Waals surface area contributed by atoms with E-state index in [9.17, 15) is 0 Å². The smallest absolute Gasteiger partial charge is 0.142 e. The summed E-state index contributed by atoms with van der Waals surface area (Å²) in [6.45, 7) is 2.00. The molecule has 0 aliphatic rings. The third-order valence-corrected chi connectivity index (χ3v) is 5.51. The van der Waals surface area contributed by atoms with E-state index in [0.717, 1.165) is 43.9 Å². The van der Waals surface area contributed by atoms with Crippen LogP contribution < -0.4 is 0 Å². The number of fused-ring (bicyclic) bond motifs is 1. The van der Waals surface area contributed by atoms with Crippen molar-refractivity contribution in [1.82, 2.24) is 19.9 Å². The first-order valence-corrected chi connectivity index (χ1v) is 9.38. The molecule has 0 saturated heterocycles. The molecule has 0 aliphatic heterocycles. The van der Waals surface area contributed by atoms with E-state index in [2.05, 4.69) is 20.3 Å². The van der Waals surface area contributed by atoms with Gasteiger partial charge in [-0.15, -0.1) is 11.3 Å². The number of thioether (sulfide) groups is 1. The second-order valence-corrected chi connectivity index (χ2v) is 7.07. The quantitative estimate of drug-likeness (QED) is 0.497. The fourth-order valence-corrected chi connectivity index (χ4v) is 4.08. The van der Waals surface area contributed by atoms with Crippen molar-refractivity contribution < 1.29 is 0 Å². The Hall–Kier alpha value is -2.31. The van der Waals surface area contributed by atoms with Crippen LogP contribution in [0.2, 0.25) is 0 Å². The third-order valence-electron chi connectivity index (χ3n) is 3.49. The highest BCUT2D eigenvalue weighted by Gasteiger charge is 2.09. The van der Waals surface area contributed by atoms with Gasteiger partial charge in [0.1, 0.15) is 10.0 Å². The summed E-state index contributed by atoms with van der Waals surface area (Å²) in [6, 6.07) is 13.8. The van der Waals surface area contributed by atoms with Crippen LogP contribution in [0, 0.1) is 6.92 Å². The predicted molar refractivity (Wildman–Crippen MR) is 99.2 cm³/mol. The molecular weight excluding hydrogens is 336 g/mol. The highest BCUT2D eigenvalue weighted by atomic mass is 32.2. The summed E-state index contributed by atoms with van der Waals surface area (Å²) in [7, 11) is 0. The predicted octanol–water partition coefficient (Wildman–Crippen LogP) is 4.75. The summed E-state index contributed by atoms with van der Waals surface area (Å²) in [5, 5.41) is 3.99. The number of rotatable bonds is 4. The lowest BCUT2D eigenvalue weighted by Gasteiger charge is -2.05. The normalized spacial score (nSPS) is 11.0. The standard InChI is InChI=1S/C18H14N4S2/c1-12-17(22-15-7-3-2-6-14(15)20-12)23-10-13-11-24-18(21-13)16-8-4-5-9-19-16/h2-9,11H,10H2,1H3. The average Bonchev–Trinajstić information content (AvgIpc) is 3.10. The number of aromatic nitrogens is 4.